The van der Waals surface area contributed by atoms with Gasteiger partial charge in [-0.2, -0.15) is 0 Å². The average molecular weight is 488 g/mol. The molecule has 154 valence electrons. The highest BCUT2D eigenvalue weighted by atomic mass is 79.9. The first-order chi connectivity index (χ1) is 14.4. The first kappa shape index (κ1) is 21.9. The van der Waals surface area contributed by atoms with Crippen molar-refractivity contribution in [3.8, 4) is 0 Å². The van der Waals surface area contributed by atoms with Crippen molar-refractivity contribution in [1.82, 2.24) is 5.32 Å². The lowest BCUT2D eigenvalue weighted by Crippen LogP contribution is -2.35. The standard InChI is InChI=1S/C22H19BrFN3O2S/c23-16-7-5-15(6-8-16)13-14-25-22(29)27(30)18-11-9-17(10-12-18)26-21(28)19-3-1-2-4-20(19)24/h1-12,30H,13-14H2,(H,25,29)(H,26,28). The zero-order chi connectivity index (χ0) is 21.5. The molecule has 8 heteroatoms. The van der Waals surface area contributed by atoms with Crippen molar-refractivity contribution < 1.29 is 14.0 Å². The van der Waals surface area contributed by atoms with Gasteiger partial charge in [0.15, 0.2) is 0 Å². The number of hydrogen-bond acceptors (Lipinski definition) is 3. The zero-order valence-corrected chi connectivity index (χ0v) is 18.3. The van der Waals surface area contributed by atoms with Crippen LogP contribution in [0.5, 0.6) is 0 Å². The molecule has 0 saturated heterocycles. The van der Waals surface area contributed by atoms with Gasteiger partial charge in [-0.25, -0.2) is 13.5 Å². The number of urea groups is 1. The van der Waals surface area contributed by atoms with Gasteiger partial charge in [-0.05, 0) is 60.5 Å². The van der Waals surface area contributed by atoms with Crippen LogP contribution in [0.3, 0.4) is 0 Å². The highest BCUT2D eigenvalue weighted by Crippen LogP contribution is 2.20. The van der Waals surface area contributed by atoms with Gasteiger partial charge in [0, 0.05) is 16.7 Å². The van der Waals surface area contributed by atoms with Gasteiger partial charge in [-0.15, -0.1) is 0 Å². The van der Waals surface area contributed by atoms with Gasteiger partial charge in [-0.1, -0.05) is 53.0 Å². The largest absolute Gasteiger partial charge is 0.337 e. The van der Waals surface area contributed by atoms with Crippen LogP contribution in [0.15, 0.2) is 77.3 Å². The molecule has 0 aliphatic heterocycles. The lowest BCUT2D eigenvalue weighted by molar-refractivity contribution is 0.102. The Morgan fingerprint density at radius 3 is 2.30 bits per heavy atom. The number of rotatable bonds is 6. The Bertz CT molecular complexity index is 1030. The lowest BCUT2D eigenvalue weighted by atomic mass is 10.1. The highest BCUT2D eigenvalue weighted by molar-refractivity contribution is 9.10. The maximum absolute atomic E-state index is 13.7. The number of benzene rings is 3. The Morgan fingerprint density at radius 2 is 1.63 bits per heavy atom. The maximum atomic E-state index is 13.7. The van der Waals surface area contributed by atoms with Gasteiger partial charge in [0.25, 0.3) is 5.91 Å². The van der Waals surface area contributed by atoms with E-state index in [0.29, 0.717) is 24.3 Å². The number of hydrogen-bond donors (Lipinski definition) is 3. The molecular weight excluding hydrogens is 469 g/mol. The Morgan fingerprint density at radius 1 is 0.967 bits per heavy atom. The van der Waals surface area contributed by atoms with Crippen molar-refractivity contribution in [3.05, 3.63) is 94.2 Å². The van der Waals surface area contributed by atoms with E-state index in [0.717, 1.165) is 10.0 Å². The monoisotopic (exact) mass is 487 g/mol. The summed E-state index contributed by atoms with van der Waals surface area (Å²) in [6, 6.07) is 19.8. The molecule has 0 atom stereocenters. The highest BCUT2D eigenvalue weighted by Gasteiger charge is 2.13. The van der Waals surface area contributed by atoms with Crippen LogP contribution in [0, 0.1) is 5.82 Å². The molecule has 30 heavy (non-hydrogen) atoms. The third-order valence-corrected chi connectivity index (χ3v) is 5.23. The number of halogens is 2. The summed E-state index contributed by atoms with van der Waals surface area (Å²) in [4.78, 5) is 24.5. The quantitative estimate of drug-likeness (QED) is 0.405. The molecule has 0 aliphatic carbocycles. The molecule has 3 rings (SSSR count). The summed E-state index contributed by atoms with van der Waals surface area (Å²) in [6.07, 6.45) is 0.696. The average Bonchev–Trinajstić information content (AvgIpc) is 2.75. The number of nitrogens with zero attached hydrogens (tertiary/aromatic N) is 1. The minimum atomic E-state index is -0.590. The van der Waals surface area contributed by atoms with Crippen LogP contribution in [0.2, 0.25) is 0 Å². The van der Waals surface area contributed by atoms with E-state index in [1.165, 1.54) is 22.5 Å². The Balaban J connectivity index is 1.53. The number of thiol groups is 1. The Hall–Kier alpha value is -2.84. The molecule has 0 aromatic heterocycles. The zero-order valence-electron chi connectivity index (χ0n) is 15.8. The molecule has 0 radical (unpaired) electrons. The van der Waals surface area contributed by atoms with Crippen molar-refractivity contribution in [1.29, 1.82) is 0 Å². The van der Waals surface area contributed by atoms with Crippen LogP contribution >= 0.6 is 28.7 Å². The molecule has 2 N–H and O–H groups in total. The molecule has 0 heterocycles. The minimum absolute atomic E-state index is 0.0393. The number of anilines is 2. The second-order valence-corrected chi connectivity index (χ2v) is 7.72. The van der Waals surface area contributed by atoms with Crippen molar-refractivity contribution in [2.75, 3.05) is 16.2 Å². The first-order valence-corrected chi connectivity index (χ1v) is 10.3. The molecule has 0 fully saturated rings. The summed E-state index contributed by atoms with van der Waals surface area (Å²) in [5.74, 6) is -1.14. The fourth-order valence-electron chi connectivity index (χ4n) is 2.69. The van der Waals surface area contributed by atoms with E-state index >= 15 is 0 Å². The van der Waals surface area contributed by atoms with Gasteiger partial charge >= 0.3 is 6.03 Å². The summed E-state index contributed by atoms with van der Waals surface area (Å²) in [5, 5.41) is 5.43. The second kappa shape index (κ2) is 10.3. The Kier molecular flexibility index (Phi) is 7.48. The van der Waals surface area contributed by atoms with Crippen molar-refractivity contribution in [2.45, 2.75) is 6.42 Å². The molecule has 0 aliphatic rings. The molecule has 0 bridgehead atoms. The fraction of sp³-hybridized carbons (Fsp3) is 0.0909. The molecule has 0 saturated carbocycles. The molecule has 3 aromatic rings. The van der Waals surface area contributed by atoms with E-state index < -0.39 is 11.7 Å². The van der Waals surface area contributed by atoms with Crippen LogP contribution in [-0.4, -0.2) is 18.5 Å². The predicted octanol–water partition coefficient (Wildman–Crippen LogP) is 5.44. The number of carbonyl (C=O) groups is 2. The SMILES string of the molecule is O=C(Nc1ccc(N(S)C(=O)NCCc2ccc(Br)cc2)cc1)c1ccccc1F. The molecule has 0 unspecified atom stereocenters. The van der Waals surface area contributed by atoms with E-state index in [1.54, 1.807) is 30.3 Å². The molecule has 3 amide bonds. The maximum Gasteiger partial charge on any atom is 0.331 e. The van der Waals surface area contributed by atoms with Crippen LogP contribution < -0.4 is 14.9 Å². The third-order valence-electron chi connectivity index (χ3n) is 4.28. The minimum Gasteiger partial charge on any atom is -0.337 e. The van der Waals surface area contributed by atoms with E-state index in [-0.39, 0.29) is 11.6 Å². The smallest absolute Gasteiger partial charge is 0.331 e. The second-order valence-electron chi connectivity index (χ2n) is 6.40. The van der Waals surface area contributed by atoms with Crippen LogP contribution in [0.4, 0.5) is 20.6 Å². The molecule has 3 aromatic carbocycles. The molecular formula is C22H19BrFN3O2S. The van der Waals surface area contributed by atoms with Gasteiger partial charge in [-0.3, -0.25) is 4.79 Å². The summed E-state index contributed by atoms with van der Waals surface area (Å²) in [6.45, 7) is 0.467. The summed E-state index contributed by atoms with van der Waals surface area (Å²) < 4.78 is 15.9. The van der Waals surface area contributed by atoms with Crippen molar-refractivity contribution in [3.63, 3.8) is 0 Å². The van der Waals surface area contributed by atoms with Crippen LogP contribution in [0.25, 0.3) is 0 Å². The number of nitrogens with one attached hydrogen (secondary N) is 2. The first-order valence-electron chi connectivity index (χ1n) is 9.11. The number of carbonyl (C=O) groups excluding carboxylic acids is 2. The third kappa shape index (κ3) is 5.84. The van der Waals surface area contributed by atoms with Crippen molar-refractivity contribution >= 4 is 52.1 Å². The van der Waals surface area contributed by atoms with Gasteiger partial charge in [0.1, 0.15) is 5.82 Å². The van der Waals surface area contributed by atoms with Gasteiger partial charge < -0.3 is 10.6 Å². The normalized spacial score (nSPS) is 10.4. The number of amides is 3. The fourth-order valence-corrected chi connectivity index (χ4v) is 3.16. The molecule has 5 nitrogen and oxygen atoms in total. The van der Waals surface area contributed by atoms with E-state index in [1.807, 2.05) is 24.3 Å². The Labute approximate surface area is 188 Å². The summed E-state index contributed by atoms with van der Waals surface area (Å²) >= 11 is 7.63. The van der Waals surface area contributed by atoms with E-state index in [2.05, 4.69) is 39.4 Å². The van der Waals surface area contributed by atoms with Crippen LogP contribution in [0.1, 0.15) is 15.9 Å². The molecule has 0 spiro atoms. The summed E-state index contributed by atoms with van der Waals surface area (Å²) in [7, 11) is 0. The van der Waals surface area contributed by atoms with Crippen LogP contribution in [-0.2, 0) is 6.42 Å². The van der Waals surface area contributed by atoms with Crippen molar-refractivity contribution in [2.24, 2.45) is 0 Å². The van der Waals surface area contributed by atoms with Gasteiger partial charge in [0.05, 0.1) is 11.3 Å². The van der Waals surface area contributed by atoms with E-state index in [9.17, 15) is 14.0 Å². The predicted molar refractivity (Wildman–Crippen MR) is 124 cm³/mol. The van der Waals surface area contributed by atoms with E-state index in [4.69, 9.17) is 0 Å². The van der Waals surface area contributed by atoms with Gasteiger partial charge in [0.2, 0.25) is 0 Å². The lowest BCUT2D eigenvalue weighted by Gasteiger charge is -2.17. The summed E-state index contributed by atoms with van der Waals surface area (Å²) in [5.41, 5.74) is 2.08. The topological polar surface area (TPSA) is 61.4 Å².